The Kier molecular flexibility index (Phi) is 3.23. The van der Waals surface area contributed by atoms with Gasteiger partial charge in [0.05, 0.1) is 14.2 Å². The van der Waals surface area contributed by atoms with Crippen LogP contribution in [0.25, 0.3) is 0 Å². The molecular formula is C13H18ClNO2. The van der Waals surface area contributed by atoms with Crippen LogP contribution in [0.5, 0.6) is 11.5 Å². The minimum Gasteiger partial charge on any atom is -0.493 e. The third kappa shape index (κ3) is 1.87. The van der Waals surface area contributed by atoms with Crippen molar-refractivity contribution < 1.29 is 9.47 Å². The van der Waals surface area contributed by atoms with E-state index in [1.807, 2.05) is 19.1 Å². The number of hydrogen-bond acceptors (Lipinski definition) is 3. The summed E-state index contributed by atoms with van der Waals surface area (Å²) in [6.07, 6.45) is 2.10. The van der Waals surface area contributed by atoms with Gasteiger partial charge in [-0.05, 0) is 31.9 Å². The number of methoxy groups -OCH3 is 2. The van der Waals surface area contributed by atoms with Gasteiger partial charge in [0.2, 0.25) is 0 Å². The number of nitrogens with two attached hydrogens (primary N) is 1. The molecule has 1 atom stereocenters. The normalized spacial score (nSPS) is 18.6. The lowest BCUT2D eigenvalue weighted by molar-refractivity contribution is 0.346. The molecule has 0 heterocycles. The zero-order valence-corrected chi connectivity index (χ0v) is 11.2. The van der Waals surface area contributed by atoms with Crippen LogP contribution in [0.2, 0.25) is 5.02 Å². The van der Waals surface area contributed by atoms with Crippen molar-refractivity contribution in [2.45, 2.75) is 31.2 Å². The van der Waals surface area contributed by atoms with Crippen LogP contribution in [-0.4, -0.2) is 20.3 Å². The minimum absolute atomic E-state index is 0.0447. The second-order valence-corrected chi connectivity index (χ2v) is 5.01. The molecular weight excluding hydrogens is 238 g/mol. The summed E-state index contributed by atoms with van der Waals surface area (Å²) in [6.45, 7) is 2.02. The second kappa shape index (κ2) is 4.39. The van der Waals surface area contributed by atoms with E-state index >= 15 is 0 Å². The van der Waals surface area contributed by atoms with Crippen LogP contribution in [-0.2, 0) is 5.41 Å². The van der Waals surface area contributed by atoms with E-state index in [0.29, 0.717) is 10.8 Å². The standard InChI is InChI=1S/C13H18ClNO2/c1-8(15)13(6-7-13)11-9(14)4-5-10(16-2)12(11)17-3/h4-5,8H,6-7,15H2,1-3H3. The molecule has 17 heavy (non-hydrogen) atoms. The Morgan fingerprint density at radius 1 is 1.29 bits per heavy atom. The molecule has 1 aliphatic rings. The fraction of sp³-hybridized carbons (Fsp3) is 0.538. The van der Waals surface area contributed by atoms with E-state index in [1.165, 1.54) is 0 Å². The third-order valence-corrected chi connectivity index (χ3v) is 3.97. The molecule has 94 valence electrons. The van der Waals surface area contributed by atoms with E-state index < -0.39 is 0 Å². The van der Waals surface area contributed by atoms with Crippen LogP contribution >= 0.6 is 11.6 Å². The number of rotatable bonds is 4. The van der Waals surface area contributed by atoms with Gasteiger partial charge >= 0.3 is 0 Å². The quantitative estimate of drug-likeness (QED) is 0.900. The van der Waals surface area contributed by atoms with E-state index in [4.69, 9.17) is 26.8 Å². The predicted molar refractivity (Wildman–Crippen MR) is 69.1 cm³/mol. The molecule has 0 spiro atoms. The van der Waals surface area contributed by atoms with Crippen LogP contribution in [0.3, 0.4) is 0 Å². The molecule has 2 N–H and O–H groups in total. The fourth-order valence-electron chi connectivity index (χ4n) is 2.43. The second-order valence-electron chi connectivity index (χ2n) is 4.60. The highest BCUT2D eigenvalue weighted by atomic mass is 35.5. The summed E-state index contributed by atoms with van der Waals surface area (Å²) in [4.78, 5) is 0. The predicted octanol–water partition coefficient (Wildman–Crippen LogP) is 2.74. The minimum atomic E-state index is -0.0447. The van der Waals surface area contributed by atoms with Gasteiger partial charge in [-0.2, -0.15) is 0 Å². The van der Waals surface area contributed by atoms with E-state index in [2.05, 4.69) is 0 Å². The maximum absolute atomic E-state index is 6.31. The first-order valence-corrected chi connectivity index (χ1v) is 6.11. The molecule has 1 aromatic carbocycles. The van der Waals surface area contributed by atoms with Crippen LogP contribution in [0.4, 0.5) is 0 Å². The maximum Gasteiger partial charge on any atom is 0.166 e. The Morgan fingerprint density at radius 3 is 2.35 bits per heavy atom. The zero-order valence-electron chi connectivity index (χ0n) is 10.4. The Hall–Kier alpha value is -0.930. The number of halogens is 1. The first-order valence-electron chi connectivity index (χ1n) is 5.73. The lowest BCUT2D eigenvalue weighted by atomic mass is 9.88. The highest BCUT2D eigenvalue weighted by Gasteiger charge is 2.50. The smallest absolute Gasteiger partial charge is 0.166 e. The van der Waals surface area contributed by atoms with Gasteiger partial charge in [-0.15, -0.1) is 0 Å². The summed E-state index contributed by atoms with van der Waals surface area (Å²) in [6, 6.07) is 3.73. The van der Waals surface area contributed by atoms with Crippen molar-refractivity contribution in [2.75, 3.05) is 14.2 Å². The van der Waals surface area contributed by atoms with Gasteiger partial charge in [0.15, 0.2) is 11.5 Å². The van der Waals surface area contributed by atoms with Gasteiger partial charge in [-0.1, -0.05) is 11.6 Å². The molecule has 0 saturated heterocycles. The van der Waals surface area contributed by atoms with E-state index in [9.17, 15) is 0 Å². The molecule has 0 radical (unpaired) electrons. The number of benzene rings is 1. The molecule has 3 nitrogen and oxygen atoms in total. The highest BCUT2D eigenvalue weighted by molar-refractivity contribution is 6.31. The first-order chi connectivity index (χ1) is 8.06. The van der Waals surface area contributed by atoms with Crippen molar-refractivity contribution in [2.24, 2.45) is 5.73 Å². The molecule has 1 unspecified atom stereocenters. The average molecular weight is 256 g/mol. The molecule has 1 fully saturated rings. The van der Waals surface area contributed by atoms with Crippen molar-refractivity contribution in [3.63, 3.8) is 0 Å². The van der Waals surface area contributed by atoms with Crippen LogP contribution in [0, 0.1) is 0 Å². The lowest BCUT2D eigenvalue weighted by Gasteiger charge is -2.24. The maximum atomic E-state index is 6.31. The largest absolute Gasteiger partial charge is 0.493 e. The molecule has 0 aromatic heterocycles. The lowest BCUT2D eigenvalue weighted by Crippen LogP contribution is -2.32. The first kappa shape index (κ1) is 12.5. The van der Waals surface area contributed by atoms with Gasteiger partial charge < -0.3 is 15.2 Å². The molecule has 0 amide bonds. The van der Waals surface area contributed by atoms with E-state index in [0.717, 1.165) is 24.2 Å². The molecule has 0 bridgehead atoms. The number of hydrogen-bond donors (Lipinski definition) is 1. The Labute approximate surface area is 107 Å². The zero-order chi connectivity index (χ0) is 12.6. The van der Waals surface area contributed by atoms with Crippen molar-refractivity contribution in [1.82, 2.24) is 0 Å². The molecule has 1 aromatic rings. The Morgan fingerprint density at radius 2 is 1.94 bits per heavy atom. The van der Waals surface area contributed by atoms with Gasteiger partial charge in [0.1, 0.15) is 0 Å². The van der Waals surface area contributed by atoms with Crippen LogP contribution in [0.1, 0.15) is 25.3 Å². The highest BCUT2D eigenvalue weighted by Crippen LogP contribution is 2.57. The van der Waals surface area contributed by atoms with E-state index in [-0.39, 0.29) is 11.5 Å². The van der Waals surface area contributed by atoms with Gasteiger partial charge in [0, 0.05) is 22.0 Å². The summed E-state index contributed by atoms with van der Waals surface area (Å²) in [7, 11) is 3.26. The average Bonchev–Trinajstić information content (AvgIpc) is 3.09. The number of ether oxygens (including phenoxy) is 2. The fourth-order valence-corrected chi connectivity index (χ4v) is 2.77. The topological polar surface area (TPSA) is 44.5 Å². The summed E-state index contributed by atoms with van der Waals surface area (Å²) < 4.78 is 10.8. The van der Waals surface area contributed by atoms with Crippen molar-refractivity contribution in [1.29, 1.82) is 0 Å². The Bertz CT molecular complexity index is 428. The Balaban J connectivity index is 2.59. The molecule has 4 heteroatoms. The van der Waals surface area contributed by atoms with Crippen LogP contribution < -0.4 is 15.2 Å². The van der Waals surface area contributed by atoms with Gasteiger partial charge in [-0.25, -0.2) is 0 Å². The molecule has 0 aliphatic heterocycles. The SMILES string of the molecule is COc1ccc(Cl)c(C2(C(C)N)CC2)c1OC. The van der Waals surface area contributed by atoms with Crippen molar-refractivity contribution in [3.05, 3.63) is 22.7 Å². The van der Waals surface area contributed by atoms with Crippen LogP contribution in [0.15, 0.2) is 12.1 Å². The molecule has 1 aliphatic carbocycles. The summed E-state index contributed by atoms with van der Waals surface area (Å²) in [5.74, 6) is 1.42. The van der Waals surface area contributed by atoms with Crippen molar-refractivity contribution in [3.8, 4) is 11.5 Å². The monoisotopic (exact) mass is 255 g/mol. The molecule has 1 saturated carbocycles. The van der Waals surface area contributed by atoms with Crippen molar-refractivity contribution >= 4 is 11.6 Å². The van der Waals surface area contributed by atoms with Gasteiger partial charge in [-0.3, -0.25) is 0 Å². The molecule has 2 rings (SSSR count). The van der Waals surface area contributed by atoms with E-state index in [1.54, 1.807) is 14.2 Å². The summed E-state index contributed by atoms with van der Waals surface area (Å²) >= 11 is 6.31. The third-order valence-electron chi connectivity index (χ3n) is 3.65. The summed E-state index contributed by atoms with van der Waals surface area (Å²) in [5, 5.41) is 0.706. The summed E-state index contributed by atoms with van der Waals surface area (Å²) in [5.41, 5.74) is 7.05. The van der Waals surface area contributed by atoms with Gasteiger partial charge in [0.25, 0.3) is 0 Å².